The fourth-order valence-electron chi connectivity index (χ4n) is 1.97. The average Bonchev–Trinajstić information content (AvgIpc) is 2.90. The van der Waals surface area contributed by atoms with Crippen LogP contribution < -0.4 is 0 Å². The molecule has 1 heterocycles. The van der Waals surface area contributed by atoms with Gasteiger partial charge < -0.3 is 4.57 Å². The van der Waals surface area contributed by atoms with E-state index < -0.39 is 0 Å². The first kappa shape index (κ1) is 11.3. The summed E-state index contributed by atoms with van der Waals surface area (Å²) in [6, 6.07) is 20.8. The van der Waals surface area contributed by atoms with Crippen molar-refractivity contribution >= 4 is 15.9 Å². The monoisotopic (exact) mass is 297 g/mol. The van der Waals surface area contributed by atoms with Crippen LogP contribution in [-0.2, 0) is 0 Å². The maximum Gasteiger partial charge on any atom is 0.0450 e. The summed E-state index contributed by atoms with van der Waals surface area (Å²) in [6.07, 6.45) is 4.24. The molecule has 88 valence electrons. The highest BCUT2D eigenvalue weighted by Gasteiger charge is 2.01. The van der Waals surface area contributed by atoms with Crippen LogP contribution in [0.1, 0.15) is 0 Å². The van der Waals surface area contributed by atoms with Crippen molar-refractivity contribution in [3.63, 3.8) is 0 Å². The Balaban J connectivity index is 1.97. The highest BCUT2D eigenvalue weighted by atomic mass is 79.9. The molecule has 3 rings (SSSR count). The largest absolute Gasteiger partial charge is 0.323 e. The smallest absolute Gasteiger partial charge is 0.0450 e. The lowest BCUT2D eigenvalue weighted by atomic mass is 10.1. The molecule has 0 bridgehead atoms. The maximum absolute atomic E-state index is 3.45. The lowest BCUT2D eigenvalue weighted by Crippen LogP contribution is -1.88. The molecular formula is C16H12BrN. The van der Waals surface area contributed by atoms with Crippen molar-refractivity contribution in [2.45, 2.75) is 0 Å². The van der Waals surface area contributed by atoms with Gasteiger partial charge in [0.25, 0.3) is 0 Å². The minimum Gasteiger partial charge on any atom is -0.323 e. The zero-order valence-electron chi connectivity index (χ0n) is 9.75. The Morgan fingerprint density at radius 2 is 1.44 bits per heavy atom. The van der Waals surface area contributed by atoms with Crippen molar-refractivity contribution in [1.29, 1.82) is 0 Å². The van der Waals surface area contributed by atoms with Gasteiger partial charge in [0.1, 0.15) is 0 Å². The summed E-state index contributed by atoms with van der Waals surface area (Å²) >= 11 is 3.45. The Labute approximate surface area is 115 Å². The molecule has 0 fully saturated rings. The summed E-state index contributed by atoms with van der Waals surface area (Å²) in [5, 5.41) is 0. The summed E-state index contributed by atoms with van der Waals surface area (Å²) in [6.45, 7) is 0. The van der Waals surface area contributed by atoms with Crippen LogP contribution in [0.3, 0.4) is 0 Å². The van der Waals surface area contributed by atoms with E-state index in [-0.39, 0.29) is 0 Å². The Bertz CT molecular complexity index is 638. The van der Waals surface area contributed by atoms with Gasteiger partial charge in [-0.1, -0.05) is 46.3 Å². The molecule has 1 nitrogen and oxygen atoms in total. The fourth-order valence-corrected chi connectivity index (χ4v) is 2.24. The average molecular weight is 298 g/mol. The molecule has 2 aromatic carbocycles. The van der Waals surface area contributed by atoms with Gasteiger partial charge in [0.05, 0.1) is 0 Å². The Kier molecular flexibility index (Phi) is 3.03. The first-order valence-corrected chi connectivity index (χ1v) is 6.61. The zero-order valence-corrected chi connectivity index (χ0v) is 11.3. The molecule has 0 unspecified atom stereocenters. The van der Waals surface area contributed by atoms with E-state index in [2.05, 4.69) is 87.5 Å². The van der Waals surface area contributed by atoms with Gasteiger partial charge in [-0.15, -0.1) is 0 Å². The van der Waals surface area contributed by atoms with Crippen molar-refractivity contribution in [2.75, 3.05) is 0 Å². The standard InChI is InChI=1S/C16H12BrN/c17-15-6-8-16(9-7-15)18-11-10-14(12-18)13-4-2-1-3-5-13/h1-12H. The predicted octanol–water partition coefficient (Wildman–Crippen LogP) is 4.91. The minimum absolute atomic E-state index is 1.10. The number of benzene rings is 2. The highest BCUT2D eigenvalue weighted by molar-refractivity contribution is 9.10. The van der Waals surface area contributed by atoms with Crippen molar-refractivity contribution < 1.29 is 0 Å². The van der Waals surface area contributed by atoms with Crippen LogP contribution in [-0.4, -0.2) is 4.57 Å². The molecule has 1 aromatic heterocycles. The Morgan fingerprint density at radius 3 is 2.17 bits per heavy atom. The van der Waals surface area contributed by atoms with Crippen LogP contribution in [0.15, 0.2) is 77.5 Å². The number of aromatic nitrogens is 1. The van der Waals surface area contributed by atoms with Crippen LogP contribution in [0.4, 0.5) is 0 Å². The van der Waals surface area contributed by atoms with E-state index in [1.165, 1.54) is 16.8 Å². The number of hydrogen-bond donors (Lipinski definition) is 0. The van der Waals surface area contributed by atoms with Crippen LogP contribution in [0.25, 0.3) is 16.8 Å². The Morgan fingerprint density at radius 1 is 0.722 bits per heavy atom. The molecule has 0 saturated carbocycles. The van der Waals surface area contributed by atoms with Gasteiger partial charge in [0.2, 0.25) is 0 Å². The van der Waals surface area contributed by atoms with Crippen molar-refractivity contribution in [2.24, 2.45) is 0 Å². The van der Waals surface area contributed by atoms with Crippen LogP contribution in [0, 0.1) is 0 Å². The Hall–Kier alpha value is -1.80. The second-order valence-corrected chi connectivity index (χ2v) is 5.07. The normalized spacial score (nSPS) is 10.5. The lowest BCUT2D eigenvalue weighted by molar-refractivity contribution is 1.08. The number of rotatable bonds is 2. The molecule has 3 aromatic rings. The summed E-state index contributed by atoms with van der Waals surface area (Å²) in [5.74, 6) is 0. The van der Waals surface area contributed by atoms with Gasteiger partial charge >= 0.3 is 0 Å². The molecule has 0 atom stereocenters. The quantitative estimate of drug-likeness (QED) is 0.633. The van der Waals surface area contributed by atoms with E-state index in [1.807, 2.05) is 6.07 Å². The first-order valence-electron chi connectivity index (χ1n) is 5.82. The van der Waals surface area contributed by atoms with Gasteiger partial charge in [-0.25, -0.2) is 0 Å². The third-order valence-corrected chi connectivity index (χ3v) is 3.45. The second kappa shape index (κ2) is 4.83. The molecule has 2 heteroatoms. The number of nitrogens with zero attached hydrogens (tertiary/aromatic N) is 1. The SMILES string of the molecule is Brc1ccc(-n2ccc(-c3ccccc3)c2)cc1. The summed E-state index contributed by atoms with van der Waals surface area (Å²) < 4.78 is 3.23. The molecule has 0 aliphatic heterocycles. The topological polar surface area (TPSA) is 4.93 Å². The predicted molar refractivity (Wildman–Crippen MR) is 78.9 cm³/mol. The summed E-state index contributed by atoms with van der Waals surface area (Å²) in [7, 11) is 0. The van der Waals surface area contributed by atoms with Crippen molar-refractivity contribution in [1.82, 2.24) is 4.57 Å². The molecule has 0 spiro atoms. The first-order chi connectivity index (χ1) is 8.83. The molecule has 0 amide bonds. The summed E-state index contributed by atoms with van der Waals surface area (Å²) in [5.41, 5.74) is 3.65. The van der Waals surface area contributed by atoms with E-state index in [4.69, 9.17) is 0 Å². The van der Waals surface area contributed by atoms with E-state index >= 15 is 0 Å². The molecular weight excluding hydrogens is 286 g/mol. The fraction of sp³-hybridized carbons (Fsp3) is 0. The molecule has 0 aliphatic rings. The van der Waals surface area contributed by atoms with Crippen LogP contribution in [0.2, 0.25) is 0 Å². The van der Waals surface area contributed by atoms with Crippen molar-refractivity contribution in [3.8, 4) is 16.8 Å². The number of hydrogen-bond acceptors (Lipinski definition) is 0. The highest BCUT2D eigenvalue weighted by Crippen LogP contribution is 2.22. The van der Waals surface area contributed by atoms with Crippen molar-refractivity contribution in [3.05, 3.63) is 77.5 Å². The van der Waals surface area contributed by atoms with E-state index in [0.717, 1.165) is 4.47 Å². The molecule has 0 aliphatic carbocycles. The molecule has 0 saturated heterocycles. The van der Waals surface area contributed by atoms with Gasteiger partial charge in [-0.2, -0.15) is 0 Å². The van der Waals surface area contributed by atoms with Gasteiger partial charge in [-0.3, -0.25) is 0 Å². The van der Waals surface area contributed by atoms with E-state index in [0.29, 0.717) is 0 Å². The summed E-state index contributed by atoms with van der Waals surface area (Å²) in [4.78, 5) is 0. The van der Waals surface area contributed by atoms with Gasteiger partial charge in [0, 0.05) is 22.6 Å². The van der Waals surface area contributed by atoms with Crippen LogP contribution in [0.5, 0.6) is 0 Å². The second-order valence-electron chi connectivity index (χ2n) is 4.15. The van der Waals surface area contributed by atoms with Gasteiger partial charge in [-0.05, 0) is 41.5 Å². The maximum atomic E-state index is 3.45. The molecule has 0 radical (unpaired) electrons. The third-order valence-electron chi connectivity index (χ3n) is 2.92. The van der Waals surface area contributed by atoms with Gasteiger partial charge in [0.15, 0.2) is 0 Å². The van der Waals surface area contributed by atoms with E-state index in [1.54, 1.807) is 0 Å². The molecule has 18 heavy (non-hydrogen) atoms. The lowest BCUT2D eigenvalue weighted by Gasteiger charge is -2.02. The number of halogens is 1. The third kappa shape index (κ3) is 2.24. The molecule has 0 N–H and O–H groups in total. The zero-order chi connectivity index (χ0) is 12.4. The van der Waals surface area contributed by atoms with Crippen LogP contribution >= 0.6 is 15.9 Å². The van der Waals surface area contributed by atoms with E-state index in [9.17, 15) is 0 Å². The minimum atomic E-state index is 1.10.